The number of hydrogen-bond acceptors (Lipinski definition) is 5. The van der Waals surface area contributed by atoms with Crippen LogP contribution in [-0.2, 0) is 6.42 Å². The van der Waals surface area contributed by atoms with Gasteiger partial charge in [0.05, 0.1) is 4.70 Å². The maximum Gasteiger partial charge on any atom is 0.251 e. The second-order valence-electron chi connectivity index (χ2n) is 4.81. The highest BCUT2D eigenvalue weighted by Crippen LogP contribution is 2.17. The molecule has 1 amide bonds. The van der Waals surface area contributed by atoms with E-state index in [9.17, 15) is 4.79 Å². The quantitative estimate of drug-likeness (QED) is 0.729. The molecule has 4 nitrogen and oxygen atoms in total. The van der Waals surface area contributed by atoms with Crippen LogP contribution in [0.5, 0.6) is 0 Å². The summed E-state index contributed by atoms with van der Waals surface area (Å²) in [6.45, 7) is 0.616. The Hall–Kier alpha value is -1.92. The molecule has 6 heteroatoms. The zero-order chi connectivity index (χ0) is 15.4. The molecule has 0 bridgehead atoms. The van der Waals surface area contributed by atoms with Gasteiger partial charge in [-0.15, -0.1) is 16.9 Å². The minimum atomic E-state index is -0.0735. The van der Waals surface area contributed by atoms with Crippen molar-refractivity contribution in [3.63, 3.8) is 0 Å². The van der Waals surface area contributed by atoms with Crippen molar-refractivity contribution in [2.24, 2.45) is 0 Å². The van der Waals surface area contributed by atoms with Gasteiger partial charge in [0, 0.05) is 17.0 Å². The summed E-state index contributed by atoms with van der Waals surface area (Å²) in [6.07, 6.45) is 2.88. The van der Waals surface area contributed by atoms with Crippen LogP contribution in [0.3, 0.4) is 0 Å². The van der Waals surface area contributed by atoms with E-state index < -0.39 is 0 Å². The van der Waals surface area contributed by atoms with Crippen LogP contribution in [0.25, 0.3) is 10.2 Å². The largest absolute Gasteiger partial charge is 0.352 e. The average molecular weight is 329 g/mol. The molecule has 1 aromatic heterocycles. The number of benzene rings is 2. The molecule has 0 atom stereocenters. The molecule has 0 aliphatic rings. The maximum atomic E-state index is 12.1. The Bertz CT molecular complexity index is 783. The van der Waals surface area contributed by atoms with E-state index in [0.29, 0.717) is 12.1 Å². The molecule has 0 fully saturated rings. The zero-order valence-electron chi connectivity index (χ0n) is 12.1. The molecule has 0 radical (unpaired) electrons. The van der Waals surface area contributed by atoms with Crippen molar-refractivity contribution >= 4 is 39.4 Å². The van der Waals surface area contributed by atoms with Gasteiger partial charge >= 0.3 is 0 Å². The van der Waals surface area contributed by atoms with Crippen molar-refractivity contribution in [2.45, 2.75) is 11.3 Å². The topological polar surface area (TPSA) is 54.9 Å². The number of carbonyl (C=O) groups is 1. The van der Waals surface area contributed by atoms with E-state index >= 15 is 0 Å². The highest BCUT2D eigenvalue weighted by molar-refractivity contribution is 7.98. The number of nitrogens with one attached hydrogen (secondary N) is 1. The number of hydrogen-bond donors (Lipinski definition) is 1. The fraction of sp³-hybridized carbons (Fsp3) is 0.188. The number of amides is 1. The van der Waals surface area contributed by atoms with Gasteiger partial charge in [0.25, 0.3) is 5.91 Å². The number of thioether (sulfide) groups is 1. The summed E-state index contributed by atoms with van der Waals surface area (Å²) in [6, 6.07) is 13.9. The molecule has 3 rings (SSSR count). The standard InChI is InChI=1S/C16H15N3OS2/c1-21-13-5-2-11(3-6-13)8-9-17-16(20)12-4-7-15-14(10-12)18-19-22-15/h2-7,10H,8-9H2,1H3,(H,17,20). The molecule has 112 valence electrons. The first-order valence-corrected chi connectivity index (χ1v) is 8.89. The number of aromatic nitrogens is 2. The average Bonchev–Trinajstić information content (AvgIpc) is 3.03. The molecule has 1 heterocycles. The summed E-state index contributed by atoms with van der Waals surface area (Å²) in [5.74, 6) is -0.0735. The van der Waals surface area contributed by atoms with Crippen molar-refractivity contribution in [3.05, 3.63) is 53.6 Å². The molecule has 0 saturated heterocycles. The molecule has 22 heavy (non-hydrogen) atoms. The highest BCUT2D eigenvalue weighted by Gasteiger charge is 2.07. The second-order valence-corrected chi connectivity index (χ2v) is 6.47. The van der Waals surface area contributed by atoms with Gasteiger partial charge in [0.15, 0.2) is 0 Å². The minimum absolute atomic E-state index is 0.0735. The lowest BCUT2D eigenvalue weighted by molar-refractivity contribution is 0.0954. The van der Waals surface area contributed by atoms with Crippen LogP contribution >= 0.6 is 23.3 Å². The minimum Gasteiger partial charge on any atom is -0.352 e. The van der Waals surface area contributed by atoms with Crippen molar-refractivity contribution in [2.75, 3.05) is 12.8 Å². The Kier molecular flexibility index (Phi) is 4.70. The summed E-state index contributed by atoms with van der Waals surface area (Å²) in [4.78, 5) is 13.4. The predicted molar refractivity (Wildman–Crippen MR) is 91.7 cm³/mol. The zero-order valence-corrected chi connectivity index (χ0v) is 13.7. The van der Waals surface area contributed by atoms with Gasteiger partial charge in [-0.1, -0.05) is 16.6 Å². The Labute approximate surface area is 137 Å². The number of nitrogens with zero attached hydrogens (tertiary/aromatic N) is 2. The molecule has 0 saturated carbocycles. The van der Waals surface area contributed by atoms with E-state index in [1.807, 2.05) is 12.1 Å². The highest BCUT2D eigenvalue weighted by atomic mass is 32.2. The van der Waals surface area contributed by atoms with E-state index in [1.54, 1.807) is 17.8 Å². The summed E-state index contributed by atoms with van der Waals surface area (Å²) in [5, 5.41) is 6.94. The van der Waals surface area contributed by atoms with E-state index in [4.69, 9.17) is 0 Å². The van der Waals surface area contributed by atoms with Crippen LogP contribution in [0.4, 0.5) is 0 Å². The van der Waals surface area contributed by atoms with Crippen LogP contribution < -0.4 is 5.32 Å². The predicted octanol–water partition coefficient (Wildman–Crippen LogP) is 3.39. The van der Waals surface area contributed by atoms with Crippen LogP contribution in [-0.4, -0.2) is 28.3 Å². The van der Waals surface area contributed by atoms with E-state index in [-0.39, 0.29) is 5.91 Å². The Morgan fingerprint density at radius 3 is 2.82 bits per heavy atom. The Morgan fingerprint density at radius 2 is 2.05 bits per heavy atom. The van der Waals surface area contributed by atoms with Crippen molar-refractivity contribution in [3.8, 4) is 0 Å². The van der Waals surface area contributed by atoms with Gasteiger partial charge in [-0.3, -0.25) is 4.79 Å². The molecule has 3 aromatic rings. The number of carbonyl (C=O) groups excluding carboxylic acids is 1. The first-order valence-electron chi connectivity index (χ1n) is 6.89. The first kappa shape index (κ1) is 15.0. The summed E-state index contributed by atoms with van der Waals surface area (Å²) in [7, 11) is 0. The van der Waals surface area contributed by atoms with Crippen molar-refractivity contribution < 1.29 is 4.79 Å². The van der Waals surface area contributed by atoms with Gasteiger partial charge in [-0.25, -0.2) is 0 Å². The lowest BCUT2D eigenvalue weighted by atomic mass is 10.1. The number of rotatable bonds is 5. The van der Waals surface area contributed by atoms with E-state index in [0.717, 1.165) is 16.6 Å². The van der Waals surface area contributed by atoms with Crippen LogP contribution in [0, 0.1) is 0 Å². The molecule has 1 N–H and O–H groups in total. The van der Waals surface area contributed by atoms with Crippen LogP contribution in [0.1, 0.15) is 15.9 Å². The Balaban J connectivity index is 1.57. The third kappa shape index (κ3) is 3.45. The van der Waals surface area contributed by atoms with Gasteiger partial charge in [-0.05, 0) is 60.1 Å². The van der Waals surface area contributed by atoms with Gasteiger partial charge < -0.3 is 5.32 Å². The molecule has 2 aromatic carbocycles. The fourth-order valence-electron chi connectivity index (χ4n) is 2.14. The summed E-state index contributed by atoms with van der Waals surface area (Å²) in [5.41, 5.74) is 2.61. The molecule has 0 spiro atoms. The SMILES string of the molecule is CSc1ccc(CCNC(=O)c2ccc3snnc3c2)cc1. The maximum absolute atomic E-state index is 12.1. The Morgan fingerprint density at radius 1 is 1.23 bits per heavy atom. The third-order valence-corrected chi connectivity index (χ3v) is 4.82. The molecular weight excluding hydrogens is 314 g/mol. The normalized spacial score (nSPS) is 10.8. The molecule has 0 aliphatic heterocycles. The monoisotopic (exact) mass is 329 g/mol. The third-order valence-electron chi connectivity index (χ3n) is 3.37. The van der Waals surface area contributed by atoms with Crippen LogP contribution in [0.15, 0.2) is 47.4 Å². The summed E-state index contributed by atoms with van der Waals surface area (Å²) >= 11 is 3.06. The molecule has 0 unspecified atom stereocenters. The van der Waals surface area contributed by atoms with Gasteiger partial charge in [-0.2, -0.15) is 0 Å². The fourth-order valence-corrected chi connectivity index (χ4v) is 3.08. The lowest BCUT2D eigenvalue weighted by Gasteiger charge is -2.06. The number of fused-ring (bicyclic) bond motifs is 1. The second kappa shape index (κ2) is 6.89. The van der Waals surface area contributed by atoms with Crippen LogP contribution in [0.2, 0.25) is 0 Å². The van der Waals surface area contributed by atoms with Gasteiger partial charge in [0.2, 0.25) is 0 Å². The van der Waals surface area contributed by atoms with E-state index in [2.05, 4.69) is 45.4 Å². The van der Waals surface area contributed by atoms with Crippen molar-refractivity contribution in [1.82, 2.24) is 14.9 Å². The van der Waals surface area contributed by atoms with Gasteiger partial charge in [0.1, 0.15) is 5.52 Å². The van der Waals surface area contributed by atoms with Crippen molar-refractivity contribution in [1.29, 1.82) is 0 Å². The smallest absolute Gasteiger partial charge is 0.251 e. The summed E-state index contributed by atoms with van der Waals surface area (Å²) < 4.78 is 4.87. The molecular formula is C16H15N3OS2. The molecule has 0 aliphatic carbocycles. The first-order chi connectivity index (χ1) is 10.8. The van der Waals surface area contributed by atoms with E-state index in [1.165, 1.54) is 22.0 Å². The lowest BCUT2D eigenvalue weighted by Crippen LogP contribution is -2.25.